The van der Waals surface area contributed by atoms with Crippen LogP contribution in [0.2, 0.25) is 0 Å². The summed E-state index contributed by atoms with van der Waals surface area (Å²) >= 11 is -9.04. The molecule has 0 saturated carbocycles. The first-order valence-electron chi connectivity index (χ1n) is 2.45. The SMILES string of the molecule is O.[O]=[K+](=[O])=[O].[O]=[K+](=[O])=[O]. The molecule has 2 N–H and O–H groups in total. The van der Waals surface area contributed by atoms with E-state index in [1.165, 1.54) is 0 Å². The Morgan fingerprint density at radius 2 is 0.556 bits per heavy atom. The second-order valence-electron chi connectivity index (χ2n) is 1.00. The zero-order chi connectivity index (χ0) is 7.15. The Labute approximate surface area is 89.6 Å². The van der Waals surface area contributed by atoms with Crippen LogP contribution in [0.4, 0.5) is 0 Å². The summed E-state index contributed by atoms with van der Waals surface area (Å²) in [5, 5.41) is 0. The molecule has 0 aliphatic rings. The molecule has 9 heavy (non-hydrogen) atoms. The normalized spacial score (nSPS) is 9.33. The summed E-state index contributed by atoms with van der Waals surface area (Å²) in [4.78, 5) is 0. The molecule has 0 rings (SSSR count). The Balaban J connectivity index is -0.0000000720. The van der Waals surface area contributed by atoms with Crippen LogP contribution in [0, 0.1) is 0 Å². The zero-order valence-corrected chi connectivity index (χ0v) is 11.2. The fourth-order valence-corrected chi connectivity index (χ4v) is 0. The van der Waals surface area contributed by atoms with E-state index in [0.29, 0.717) is 0 Å². The molecule has 0 aromatic heterocycles. The molecule has 0 aliphatic heterocycles. The molecular weight excluding hydrogens is 190 g/mol. The monoisotopic (exact) mass is 192 g/mol. The predicted molar refractivity (Wildman–Crippen MR) is 7.73 cm³/mol. The van der Waals surface area contributed by atoms with E-state index >= 15 is 0 Å². The summed E-state index contributed by atoms with van der Waals surface area (Å²) in [6, 6.07) is 0. The van der Waals surface area contributed by atoms with Gasteiger partial charge in [-0.2, -0.15) is 0 Å². The summed E-state index contributed by atoms with van der Waals surface area (Å²) in [7, 11) is 0. The van der Waals surface area contributed by atoms with Crippen molar-refractivity contribution in [2.24, 2.45) is 0 Å². The molecule has 0 heterocycles. The Morgan fingerprint density at radius 1 is 0.556 bits per heavy atom. The van der Waals surface area contributed by atoms with E-state index in [4.69, 9.17) is -1.68 Å². The van der Waals surface area contributed by atoms with Gasteiger partial charge in [0.2, 0.25) is 0 Å². The van der Waals surface area contributed by atoms with Gasteiger partial charge in [0.05, 0.1) is 0 Å². The van der Waals surface area contributed by atoms with Crippen LogP contribution < -0.4 is 89.4 Å². The molecule has 0 aromatic rings. The van der Waals surface area contributed by atoms with E-state index in [1.54, 1.807) is 0 Å². The minimum atomic E-state index is -4.52. The van der Waals surface area contributed by atoms with Gasteiger partial charge in [-0.3, -0.25) is 0 Å². The van der Waals surface area contributed by atoms with Gasteiger partial charge in [-0.25, -0.2) is 0 Å². The van der Waals surface area contributed by atoms with Crippen LogP contribution in [0.25, 0.3) is 0 Å². The molecule has 0 fully saturated rings. The van der Waals surface area contributed by atoms with Crippen LogP contribution >= 0.6 is 0 Å². The van der Waals surface area contributed by atoms with E-state index in [0.717, 1.165) is 0 Å². The van der Waals surface area contributed by atoms with E-state index in [1.807, 2.05) is 0 Å². The Hall–Kier alpha value is 2.03. The maximum absolute atomic E-state index is 8.65. The van der Waals surface area contributed by atoms with Crippen LogP contribution in [0.15, 0.2) is 0 Å². The number of hydrogen-bond acceptors (Lipinski definition) is 6. The van der Waals surface area contributed by atoms with Crippen molar-refractivity contribution in [2.75, 3.05) is 0 Å². The fraction of sp³-hybridized carbons (Fsp3) is 0. The second-order valence-corrected chi connectivity index (χ2v) is 4.12. The molecule has 7 nitrogen and oxygen atoms in total. The van der Waals surface area contributed by atoms with Gasteiger partial charge in [0.15, 0.2) is 0 Å². The van der Waals surface area contributed by atoms with Crippen molar-refractivity contribution in [1.82, 2.24) is 0 Å². The molecule has 0 unspecified atom stereocenters. The van der Waals surface area contributed by atoms with Crippen molar-refractivity contribution in [1.29, 1.82) is 0 Å². The van der Waals surface area contributed by atoms with Crippen LogP contribution in [0.1, 0.15) is 0 Å². The summed E-state index contributed by atoms with van der Waals surface area (Å²) in [6.07, 6.45) is 0. The fourth-order valence-electron chi connectivity index (χ4n) is 0. The molecule has 0 aliphatic carbocycles. The molecule has 0 bridgehead atoms. The summed E-state index contributed by atoms with van der Waals surface area (Å²) in [5.41, 5.74) is 0. The Bertz CT molecular complexity index is 176. The molecule has 0 spiro atoms. The van der Waals surface area contributed by atoms with Gasteiger partial charge in [-0.05, 0) is 0 Å². The standard InChI is InChI=1S/2K.H2O.6O/h;;1H2;;;;;;/q2*+1;;;;;;;. The molecule has 0 atom stereocenters. The summed E-state index contributed by atoms with van der Waals surface area (Å²) < 4.78 is 51.9. The average Bonchev–Trinajstić information content (AvgIpc) is 1.25. The van der Waals surface area contributed by atoms with Crippen LogP contribution in [-0.2, 0) is -1.68 Å². The average molecular weight is 192 g/mol. The third kappa shape index (κ3) is 157. The van der Waals surface area contributed by atoms with E-state index < -0.39 is 89.4 Å². The first-order chi connectivity index (χ1) is 3.46. The predicted octanol–water partition coefficient (Wildman–Crippen LogP) is -7.53. The molecule has 0 aromatic carbocycles. The van der Waals surface area contributed by atoms with Gasteiger partial charge < -0.3 is 5.48 Å². The van der Waals surface area contributed by atoms with Crippen molar-refractivity contribution in [2.45, 2.75) is 0 Å². The number of hydrogen-bond donors (Lipinski definition) is 0. The molecule has 0 amide bonds. The van der Waals surface area contributed by atoms with Crippen molar-refractivity contribution < 1.29 is 93.2 Å². The van der Waals surface area contributed by atoms with Gasteiger partial charge in [-0.1, -0.05) is 0 Å². The van der Waals surface area contributed by atoms with Crippen molar-refractivity contribution in [3.63, 3.8) is 0 Å². The third-order valence-electron chi connectivity index (χ3n) is 0. The van der Waals surface area contributed by atoms with Crippen LogP contribution in [0.3, 0.4) is 0 Å². The molecular formula is H2K2O7+2. The van der Waals surface area contributed by atoms with E-state index in [9.17, 15) is 0 Å². The minimum absolute atomic E-state index is 0. The van der Waals surface area contributed by atoms with E-state index in [2.05, 4.69) is 0 Å². The van der Waals surface area contributed by atoms with Crippen LogP contribution in [-0.4, -0.2) is 5.48 Å². The van der Waals surface area contributed by atoms with Crippen molar-refractivity contribution in [3.8, 4) is 0 Å². The number of rotatable bonds is 0. The molecule has 9 heteroatoms. The van der Waals surface area contributed by atoms with Gasteiger partial charge in [-0.15, -0.1) is 0 Å². The Morgan fingerprint density at radius 3 is 0.556 bits per heavy atom. The Kier molecular flexibility index (Phi) is 24.3. The zero-order valence-electron chi connectivity index (χ0n) is 4.95. The van der Waals surface area contributed by atoms with Crippen LogP contribution in [0.5, 0.6) is 0 Å². The van der Waals surface area contributed by atoms with Crippen molar-refractivity contribution in [3.05, 3.63) is 0 Å². The summed E-state index contributed by atoms with van der Waals surface area (Å²) in [6.45, 7) is 0. The topological polar surface area (TPSA) is 134 Å². The maximum atomic E-state index is 8.65. The van der Waals surface area contributed by atoms with Crippen molar-refractivity contribution >= 4 is 0 Å². The third-order valence-corrected chi connectivity index (χ3v) is 0. The van der Waals surface area contributed by atoms with E-state index in [-0.39, 0.29) is 5.48 Å². The quantitative estimate of drug-likeness (QED) is 0.350. The summed E-state index contributed by atoms with van der Waals surface area (Å²) in [5.74, 6) is 0. The second kappa shape index (κ2) is 12.7. The van der Waals surface area contributed by atoms with Gasteiger partial charge in [0.25, 0.3) is 0 Å². The molecule has 0 saturated heterocycles. The first kappa shape index (κ1) is 17.2. The van der Waals surface area contributed by atoms with Gasteiger partial charge in [0.1, 0.15) is 0 Å². The van der Waals surface area contributed by atoms with Gasteiger partial charge in [0, 0.05) is 0 Å². The first-order valence-corrected chi connectivity index (χ1v) is 10.1. The van der Waals surface area contributed by atoms with Gasteiger partial charge >= 0.3 is 87.7 Å². The molecule has 4 radical (unpaired) electrons. The molecule has 44 valence electrons.